The van der Waals surface area contributed by atoms with Gasteiger partial charge in [0, 0.05) is 25.4 Å². The molecule has 2 amide bonds. The Labute approximate surface area is 191 Å². The second-order valence-corrected chi connectivity index (χ2v) is 7.93. The highest BCUT2D eigenvalue weighted by atomic mass is 16.4. The Hall–Kier alpha value is -4.07. The Kier molecular flexibility index (Phi) is 6.86. The molecule has 0 fully saturated rings. The largest absolute Gasteiger partial charge is 0.505 e. The molecule has 3 aromatic rings. The zero-order chi connectivity index (χ0) is 24.3. The van der Waals surface area contributed by atoms with Crippen LogP contribution in [0.4, 0.5) is 16.2 Å². The molecule has 2 aromatic carbocycles. The third-order valence-electron chi connectivity index (χ3n) is 5.57. The average Bonchev–Trinajstić information content (AvgIpc) is 2.77. The number of aryl methyl sites for hydroxylation is 3. The van der Waals surface area contributed by atoms with E-state index in [1.165, 1.54) is 17.8 Å². The number of anilines is 2. The number of urea groups is 1. The zero-order valence-corrected chi connectivity index (χ0v) is 19.0. The lowest BCUT2D eigenvalue weighted by molar-refractivity contribution is -0.136. The maximum absolute atomic E-state index is 13.2. The molecular weight excluding hydrogens is 422 g/mol. The molecule has 0 atom stereocenters. The van der Waals surface area contributed by atoms with Gasteiger partial charge in [0.2, 0.25) is 0 Å². The average molecular weight is 450 g/mol. The van der Waals surface area contributed by atoms with E-state index in [9.17, 15) is 19.5 Å². The molecule has 0 aliphatic rings. The number of aromatic hydroxyl groups is 1. The highest BCUT2D eigenvalue weighted by molar-refractivity contribution is 6.01. The first kappa shape index (κ1) is 23.6. The standard InChI is InChI=1S/C25H27N3O5/c1-15-7-5-10-20(17(15)3)18-8-6-9-19(13-18)28(25(33)26-12-11-21(29)30)22-23(31)16(2)14-27(4)24(22)32/h5-10,13-14,31H,11-12H2,1-4H3,(H,26,33)(H,29,30). The summed E-state index contributed by atoms with van der Waals surface area (Å²) in [7, 11) is 1.53. The van der Waals surface area contributed by atoms with Crippen LogP contribution >= 0.6 is 0 Å². The number of aromatic nitrogens is 1. The topological polar surface area (TPSA) is 112 Å². The van der Waals surface area contributed by atoms with Crippen molar-refractivity contribution in [2.24, 2.45) is 7.05 Å². The Balaban J connectivity index is 2.17. The van der Waals surface area contributed by atoms with Crippen LogP contribution < -0.4 is 15.8 Å². The van der Waals surface area contributed by atoms with E-state index >= 15 is 0 Å². The molecule has 0 saturated heterocycles. The van der Waals surface area contributed by atoms with E-state index in [2.05, 4.69) is 5.32 Å². The summed E-state index contributed by atoms with van der Waals surface area (Å²) in [6.45, 7) is 5.52. The van der Waals surface area contributed by atoms with Crippen LogP contribution in [-0.4, -0.2) is 33.3 Å². The molecule has 8 nitrogen and oxygen atoms in total. The molecular formula is C25H27N3O5. The lowest BCUT2D eigenvalue weighted by Gasteiger charge is -2.25. The van der Waals surface area contributed by atoms with E-state index in [-0.39, 0.29) is 24.4 Å². The van der Waals surface area contributed by atoms with Gasteiger partial charge < -0.3 is 20.1 Å². The number of aliphatic carboxylic acids is 1. The first-order valence-electron chi connectivity index (χ1n) is 10.5. The van der Waals surface area contributed by atoms with Crippen LogP contribution in [0.2, 0.25) is 0 Å². The first-order valence-corrected chi connectivity index (χ1v) is 10.5. The summed E-state index contributed by atoms with van der Waals surface area (Å²) < 4.78 is 1.29. The molecule has 3 N–H and O–H groups in total. The molecule has 1 heterocycles. The van der Waals surface area contributed by atoms with Gasteiger partial charge in [-0.25, -0.2) is 4.79 Å². The lowest BCUT2D eigenvalue weighted by atomic mass is 9.96. The SMILES string of the molecule is Cc1cccc(-c2cccc(N(C(=O)NCCC(=O)O)c3c(O)c(C)cn(C)c3=O)c2)c1C. The molecule has 0 saturated carbocycles. The first-order chi connectivity index (χ1) is 15.6. The van der Waals surface area contributed by atoms with E-state index in [1.54, 1.807) is 25.1 Å². The van der Waals surface area contributed by atoms with Crippen molar-refractivity contribution < 1.29 is 19.8 Å². The highest BCUT2D eigenvalue weighted by Crippen LogP contribution is 2.35. The van der Waals surface area contributed by atoms with Crippen molar-refractivity contribution in [3.05, 3.63) is 75.7 Å². The van der Waals surface area contributed by atoms with Gasteiger partial charge in [0.1, 0.15) is 5.75 Å². The number of amides is 2. The summed E-state index contributed by atoms with van der Waals surface area (Å²) in [5, 5.41) is 22.2. The summed E-state index contributed by atoms with van der Waals surface area (Å²) in [5.41, 5.74) is 4.02. The van der Waals surface area contributed by atoms with Crippen LogP contribution in [0, 0.1) is 20.8 Å². The van der Waals surface area contributed by atoms with Crippen LogP contribution in [0.3, 0.4) is 0 Å². The molecule has 0 radical (unpaired) electrons. The maximum Gasteiger partial charge on any atom is 0.326 e. The number of hydrogen-bond donors (Lipinski definition) is 3. The molecule has 0 aliphatic heterocycles. The Bertz CT molecular complexity index is 1280. The Morgan fingerprint density at radius 1 is 1.06 bits per heavy atom. The third kappa shape index (κ3) is 4.90. The van der Waals surface area contributed by atoms with E-state index in [4.69, 9.17) is 5.11 Å². The van der Waals surface area contributed by atoms with Crippen molar-refractivity contribution in [1.29, 1.82) is 0 Å². The van der Waals surface area contributed by atoms with Gasteiger partial charge in [0.15, 0.2) is 5.69 Å². The molecule has 172 valence electrons. The molecule has 0 spiro atoms. The van der Waals surface area contributed by atoms with Crippen LogP contribution in [0.25, 0.3) is 11.1 Å². The van der Waals surface area contributed by atoms with Crippen molar-refractivity contribution in [2.75, 3.05) is 11.4 Å². The maximum atomic E-state index is 13.2. The van der Waals surface area contributed by atoms with Crippen LogP contribution in [0.15, 0.2) is 53.5 Å². The van der Waals surface area contributed by atoms with Crippen molar-refractivity contribution in [2.45, 2.75) is 27.2 Å². The minimum Gasteiger partial charge on any atom is -0.505 e. The van der Waals surface area contributed by atoms with Crippen molar-refractivity contribution in [3.8, 4) is 16.9 Å². The van der Waals surface area contributed by atoms with Crippen molar-refractivity contribution in [3.63, 3.8) is 0 Å². The smallest absolute Gasteiger partial charge is 0.326 e. The molecule has 0 aliphatic carbocycles. The predicted octanol–water partition coefficient (Wildman–Crippen LogP) is 4.01. The number of carbonyl (C=O) groups excluding carboxylic acids is 1. The third-order valence-corrected chi connectivity index (χ3v) is 5.57. The zero-order valence-electron chi connectivity index (χ0n) is 19.0. The van der Waals surface area contributed by atoms with Gasteiger partial charge in [-0.1, -0.05) is 30.3 Å². The normalized spacial score (nSPS) is 10.7. The fraction of sp³-hybridized carbons (Fsp3) is 0.240. The lowest BCUT2D eigenvalue weighted by Crippen LogP contribution is -2.41. The molecule has 0 bridgehead atoms. The summed E-state index contributed by atoms with van der Waals surface area (Å²) in [6.07, 6.45) is 1.20. The molecule has 3 rings (SSSR count). The highest BCUT2D eigenvalue weighted by Gasteiger charge is 2.26. The second-order valence-electron chi connectivity index (χ2n) is 7.93. The summed E-state index contributed by atoms with van der Waals surface area (Å²) in [5.74, 6) is -1.38. The number of nitrogens with one attached hydrogen (secondary N) is 1. The second kappa shape index (κ2) is 9.60. The van der Waals surface area contributed by atoms with Gasteiger partial charge in [-0.15, -0.1) is 0 Å². The number of benzene rings is 2. The quantitative estimate of drug-likeness (QED) is 0.527. The van der Waals surface area contributed by atoms with Crippen LogP contribution in [0.1, 0.15) is 23.1 Å². The molecule has 8 heteroatoms. The van der Waals surface area contributed by atoms with Gasteiger partial charge >= 0.3 is 12.0 Å². The van der Waals surface area contributed by atoms with Crippen molar-refractivity contribution >= 4 is 23.4 Å². The number of carboxylic acids is 1. The molecule has 33 heavy (non-hydrogen) atoms. The van der Waals surface area contributed by atoms with E-state index in [0.29, 0.717) is 11.3 Å². The predicted molar refractivity (Wildman–Crippen MR) is 127 cm³/mol. The molecule has 0 unspecified atom stereocenters. The number of nitrogens with zero attached hydrogens (tertiary/aromatic N) is 2. The van der Waals surface area contributed by atoms with E-state index < -0.39 is 17.6 Å². The van der Waals surface area contributed by atoms with E-state index in [0.717, 1.165) is 27.2 Å². The number of rotatable bonds is 6. The summed E-state index contributed by atoms with van der Waals surface area (Å²) in [4.78, 5) is 38.2. The van der Waals surface area contributed by atoms with E-state index in [1.807, 2.05) is 38.1 Å². The van der Waals surface area contributed by atoms with Gasteiger partial charge in [-0.2, -0.15) is 0 Å². The van der Waals surface area contributed by atoms with Gasteiger partial charge in [-0.05, 0) is 55.2 Å². The van der Waals surface area contributed by atoms with Gasteiger partial charge in [0.25, 0.3) is 5.56 Å². The Morgan fingerprint density at radius 3 is 2.45 bits per heavy atom. The van der Waals surface area contributed by atoms with Gasteiger partial charge in [-0.3, -0.25) is 14.5 Å². The number of hydrogen-bond acceptors (Lipinski definition) is 4. The summed E-state index contributed by atoms with van der Waals surface area (Å²) >= 11 is 0. The fourth-order valence-corrected chi connectivity index (χ4v) is 3.65. The van der Waals surface area contributed by atoms with Gasteiger partial charge in [0.05, 0.1) is 12.1 Å². The Morgan fingerprint density at radius 2 is 1.76 bits per heavy atom. The number of pyridine rings is 1. The fourth-order valence-electron chi connectivity index (χ4n) is 3.65. The van der Waals surface area contributed by atoms with Crippen molar-refractivity contribution in [1.82, 2.24) is 9.88 Å². The van der Waals surface area contributed by atoms with Crippen LogP contribution in [0.5, 0.6) is 5.75 Å². The van der Waals surface area contributed by atoms with Crippen LogP contribution in [-0.2, 0) is 11.8 Å². The minimum atomic E-state index is -1.06. The minimum absolute atomic E-state index is 0.131. The monoisotopic (exact) mass is 449 g/mol. The number of carboxylic acid groups (broad SMARTS) is 1. The number of carbonyl (C=O) groups is 2. The summed E-state index contributed by atoms with van der Waals surface area (Å²) in [6, 6.07) is 12.3. The molecule has 1 aromatic heterocycles.